The number of nitrogens with one attached hydrogen (secondary N) is 1. The molecule has 1 rings (SSSR count). The highest BCUT2D eigenvalue weighted by Gasteiger charge is 2.13. The quantitative estimate of drug-likeness (QED) is 0.787. The van der Waals surface area contributed by atoms with Crippen LogP contribution in [0, 0.1) is 0 Å². The Morgan fingerprint density at radius 2 is 2.12 bits per heavy atom. The summed E-state index contributed by atoms with van der Waals surface area (Å²) in [6.45, 7) is 3.73. The van der Waals surface area contributed by atoms with Crippen molar-refractivity contribution in [3.63, 3.8) is 0 Å². The summed E-state index contributed by atoms with van der Waals surface area (Å²) in [5.41, 5.74) is 6.25. The zero-order valence-corrected chi connectivity index (χ0v) is 9.86. The van der Waals surface area contributed by atoms with Crippen LogP contribution in [0.25, 0.3) is 0 Å². The molecule has 1 aromatic carbocycles. The van der Waals surface area contributed by atoms with Crippen molar-refractivity contribution in [2.45, 2.75) is 25.9 Å². The Labute approximate surface area is 95.8 Å². The molecule has 1 amide bonds. The summed E-state index contributed by atoms with van der Waals surface area (Å²) in [6.07, 6.45) is 0. The van der Waals surface area contributed by atoms with Gasteiger partial charge in [-0.15, -0.1) is 0 Å². The first-order valence-corrected chi connectivity index (χ1v) is 5.24. The zero-order valence-electron chi connectivity index (χ0n) is 9.86. The molecule has 4 heteroatoms. The van der Waals surface area contributed by atoms with Gasteiger partial charge in [-0.3, -0.25) is 10.1 Å². The molecule has 3 N–H and O–H groups in total. The maximum Gasteiger partial charge on any atom is 0.234 e. The van der Waals surface area contributed by atoms with Gasteiger partial charge in [0.1, 0.15) is 5.75 Å². The summed E-state index contributed by atoms with van der Waals surface area (Å²) in [7, 11) is 1.63. The molecule has 0 bridgehead atoms. The van der Waals surface area contributed by atoms with E-state index in [-0.39, 0.29) is 18.0 Å². The van der Waals surface area contributed by atoms with Gasteiger partial charge in [-0.25, -0.2) is 0 Å². The third-order valence-electron chi connectivity index (χ3n) is 2.52. The number of amides is 1. The van der Waals surface area contributed by atoms with Crippen LogP contribution in [-0.2, 0) is 4.79 Å². The van der Waals surface area contributed by atoms with Gasteiger partial charge in [0, 0.05) is 6.04 Å². The molecule has 0 aliphatic heterocycles. The lowest BCUT2D eigenvalue weighted by Crippen LogP contribution is -2.39. The second kappa shape index (κ2) is 5.51. The Hall–Kier alpha value is -1.55. The van der Waals surface area contributed by atoms with Crippen LogP contribution in [0.15, 0.2) is 24.3 Å². The molecule has 0 aromatic heterocycles. The van der Waals surface area contributed by atoms with E-state index in [4.69, 9.17) is 10.5 Å². The molecule has 0 heterocycles. The van der Waals surface area contributed by atoms with E-state index in [1.807, 2.05) is 31.2 Å². The van der Waals surface area contributed by atoms with Crippen LogP contribution in [0.3, 0.4) is 0 Å². The van der Waals surface area contributed by atoms with Crippen molar-refractivity contribution in [2.75, 3.05) is 7.11 Å². The van der Waals surface area contributed by atoms with E-state index in [9.17, 15) is 4.79 Å². The summed E-state index contributed by atoms with van der Waals surface area (Å²) < 4.78 is 5.14. The maximum atomic E-state index is 10.9. The van der Waals surface area contributed by atoms with Crippen molar-refractivity contribution < 1.29 is 9.53 Å². The minimum absolute atomic E-state index is 0.0533. The van der Waals surface area contributed by atoms with Crippen molar-refractivity contribution in [1.29, 1.82) is 0 Å². The summed E-state index contributed by atoms with van der Waals surface area (Å²) in [6, 6.07) is 7.42. The van der Waals surface area contributed by atoms with Gasteiger partial charge < -0.3 is 10.5 Å². The van der Waals surface area contributed by atoms with Crippen LogP contribution in [0.4, 0.5) is 0 Å². The summed E-state index contributed by atoms with van der Waals surface area (Å²) in [5, 5.41) is 3.12. The predicted molar refractivity (Wildman–Crippen MR) is 63.2 cm³/mol. The number of hydrogen-bond donors (Lipinski definition) is 2. The van der Waals surface area contributed by atoms with Crippen LogP contribution in [-0.4, -0.2) is 19.1 Å². The molecule has 0 spiro atoms. The Morgan fingerprint density at radius 3 is 2.69 bits per heavy atom. The van der Waals surface area contributed by atoms with E-state index >= 15 is 0 Å². The molecule has 0 aliphatic rings. The van der Waals surface area contributed by atoms with E-state index in [0.29, 0.717) is 0 Å². The Morgan fingerprint density at radius 1 is 1.44 bits per heavy atom. The normalized spacial score (nSPS) is 14.2. The second-order valence-corrected chi connectivity index (χ2v) is 3.79. The third-order valence-corrected chi connectivity index (χ3v) is 2.52. The molecule has 1 unspecified atom stereocenters. The number of hydrogen-bond acceptors (Lipinski definition) is 3. The average Bonchev–Trinajstić information content (AvgIpc) is 2.28. The second-order valence-electron chi connectivity index (χ2n) is 3.79. The van der Waals surface area contributed by atoms with E-state index in [1.54, 1.807) is 14.0 Å². The van der Waals surface area contributed by atoms with Crippen molar-refractivity contribution in [1.82, 2.24) is 5.32 Å². The number of primary amides is 1. The molecule has 4 nitrogen and oxygen atoms in total. The number of carbonyl (C=O) groups is 1. The maximum absolute atomic E-state index is 10.9. The largest absolute Gasteiger partial charge is 0.497 e. The highest BCUT2D eigenvalue weighted by Crippen LogP contribution is 2.18. The number of ether oxygens (including phenoxy) is 1. The summed E-state index contributed by atoms with van der Waals surface area (Å²) in [5.74, 6) is 0.452. The van der Waals surface area contributed by atoms with Gasteiger partial charge in [0.25, 0.3) is 0 Å². The van der Waals surface area contributed by atoms with E-state index < -0.39 is 0 Å². The molecule has 0 saturated heterocycles. The molecular weight excluding hydrogens is 204 g/mol. The molecular formula is C12H18N2O2. The van der Waals surface area contributed by atoms with Gasteiger partial charge in [0.15, 0.2) is 0 Å². The van der Waals surface area contributed by atoms with Crippen molar-refractivity contribution in [2.24, 2.45) is 5.73 Å². The lowest BCUT2D eigenvalue weighted by atomic mass is 10.1. The smallest absolute Gasteiger partial charge is 0.234 e. The number of carbonyl (C=O) groups excluding carboxylic acids is 1. The third kappa shape index (κ3) is 3.24. The van der Waals surface area contributed by atoms with Gasteiger partial charge in [-0.1, -0.05) is 12.1 Å². The Kier molecular flexibility index (Phi) is 4.31. The molecule has 16 heavy (non-hydrogen) atoms. The molecule has 0 fully saturated rings. The number of nitrogens with two attached hydrogens (primary N) is 1. The Balaban J connectivity index is 2.72. The Bertz CT molecular complexity index is 366. The molecule has 0 saturated carbocycles. The monoisotopic (exact) mass is 222 g/mol. The van der Waals surface area contributed by atoms with Crippen molar-refractivity contribution in [3.8, 4) is 5.75 Å². The highest BCUT2D eigenvalue weighted by molar-refractivity contribution is 5.79. The molecule has 0 aliphatic carbocycles. The SMILES string of the molecule is COc1cccc([C@H](C)NC(C)C(N)=O)c1. The van der Waals surface area contributed by atoms with Crippen LogP contribution >= 0.6 is 0 Å². The van der Waals surface area contributed by atoms with Crippen LogP contribution < -0.4 is 15.8 Å². The number of benzene rings is 1. The average molecular weight is 222 g/mol. The lowest BCUT2D eigenvalue weighted by molar-refractivity contribution is -0.119. The molecule has 1 aromatic rings. The van der Waals surface area contributed by atoms with E-state index in [0.717, 1.165) is 11.3 Å². The van der Waals surface area contributed by atoms with Gasteiger partial charge in [0.05, 0.1) is 13.2 Å². The molecule has 88 valence electrons. The molecule has 2 atom stereocenters. The van der Waals surface area contributed by atoms with Crippen LogP contribution in [0.1, 0.15) is 25.5 Å². The van der Waals surface area contributed by atoms with Crippen LogP contribution in [0.5, 0.6) is 5.75 Å². The number of methoxy groups -OCH3 is 1. The van der Waals surface area contributed by atoms with E-state index in [1.165, 1.54) is 0 Å². The van der Waals surface area contributed by atoms with Crippen molar-refractivity contribution in [3.05, 3.63) is 29.8 Å². The highest BCUT2D eigenvalue weighted by atomic mass is 16.5. The minimum Gasteiger partial charge on any atom is -0.497 e. The first kappa shape index (κ1) is 12.5. The lowest BCUT2D eigenvalue weighted by Gasteiger charge is -2.18. The first-order valence-electron chi connectivity index (χ1n) is 5.24. The van der Waals surface area contributed by atoms with Crippen molar-refractivity contribution >= 4 is 5.91 Å². The van der Waals surface area contributed by atoms with E-state index in [2.05, 4.69) is 5.32 Å². The topological polar surface area (TPSA) is 64.3 Å². The fraction of sp³-hybridized carbons (Fsp3) is 0.417. The summed E-state index contributed by atoms with van der Waals surface area (Å²) in [4.78, 5) is 10.9. The fourth-order valence-electron chi connectivity index (χ4n) is 1.46. The predicted octanol–water partition coefficient (Wildman–Crippen LogP) is 1.22. The van der Waals surface area contributed by atoms with Gasteiger partial charge >= 0.3 is 0 Å². The van der Waals surface area contributed by atoms with Gasteiger partial charge in [-0.05, 0) is 31.5 Å². The standard InChI is InChI=1S/C12H18N2O2/c1-8(14-9(2)12(13)15)10-5-4-6-11(7-10)16-3/h4-9,14H,1-3H3,(H2,13,15)/t8-,9?/m0/s1. The number of rotatable bonds is 5. The van der Waals surface area contributed by atoms with Crippen LogP contribution in [0.2, 0.25) is 0 Å². The van der Waals surface area contributed by atoms with Gasteiger partial charge in [0.2, 0.25) is 5.91 Å². The fourth-order valence-corrected chi connectivity index (χ4v) is 1.46. The molecule has 0 radical (unpaired) electrons. The summed E-state index contributed by atoms with van der Waals surface area (Å²) >= 11 is 0. The van der Waals surface area contributed by atoms with Gasteiger partial charge in [-0.2, -0.15) is 0 Å². The zero-order chi connectivity index (χ0) is 12.1. The first-order chi connectivity index (χ1) is 7.54. The minimum atomic E-state index is -0.352.